The van der Waals surface area contributed by atoms with E-state index in [-0.39, 0.29) is 0 Å². The van der Waals surface area contributed by atoms with Crippen molar-refractivity contribution >= 4 is 5.57 Å². The van der Waals surface area contributed by atoms with E-state index >= 15 is 0 Å². The van der Waals surface area contributed by atoms with Gasteiger partial charge in [-0.3, -0.25) is 0 Å². The average Bonchev–Trinajstić information content (AvgIpc) is 2.29. The lowest BCUT2D eigenvalue weighted by Gasteiger charge is -2.01. The van der Waals surface area contributed by atoms with Crippen LogP contribution in [0.4, 0.5) is 0 Å². The summed E-state index contributed by atoms with van der Waals surface area (Å²) < 4.78 is 0. The van der Waals surface area contributed by atoms with E-state index in [1.807, 2.05) is 37.4 Å². The molecule has 0 saturated heterocycles. The van der Waals surface area contributed by atoms with E-state index in [4.69, 9.17) is 0 Å². The van der Waals surface area contributed by atoms with Crippen molar-refractivity contribution in [2.75, 3.05) is 13.6 Å². The van der Waals surface area contributed by atoms with Crippen LogP contribution in [0.1, 0.15) is 5.56 Å². The third-order valence-electron chi connectivity index (χ3n) is 2.02. The van der Waals surface area contributed by atoms with Crippen molar-refractivity contribution in [3.05, 3.63) is 66.8 Å². The number of likely N-dealkylation sites (N-methyl/N-ethyl adjacent to an activating group) is 1. The van der Waals surface area contributed by atoms with Gasteiger partial charge in [0.2, 0.25) is 0 Å². The molecular formula is C14H17N. The fraction of sp³-hybridized carbons (Fsp3) is 0.143. The predicted molar refractivity (Wildman–Crippen MR) is 67.7 cm³/mol. The molecule has 1 N–H and O–H groups in total. The van der Waals surface area contributed by atoms with Crippen LogP contribution in [0.15, 0.2) is 61.2 Å². The molecule has 0 fully saturated rings. The third kappa shape index (κ3) is 3.96. The lowest BCUT2D eigenvalue weighted by atomic mass is 10.1. The van der Waals surface area contributed by atoms with Crippen molar-refractivity contribution in [1.82, 2.24) is 5.32 Å². The minimum absolute atomic E-state index is 0.876. The third-order valence-corrected chi connectivity index (χ3v) is 2.02. The summed E-state index contributed by atoms with van der Waals surface area (Å²) in [5.41, 5.74) is 2.39. The van der Waals surface area contributed by atoms with Gasteiger partial charge in [0, 0.05) is 6.54 Å². The summed E-state index contributed by atoms with van der Waals surface area (Å²) in [5, 5.41) is 3.08. The van der Waals surface area contributed by atoms with Gasteiger partial charge < -0.3 is 5.32 Å². The molecule has 0 aliphatic carbocycles. The fourth-order valence-corrected chi connectivity index (χ4v) is 1.31. The predicted octanol–water partition coefficient (Wildman–Crippen LogP) is 3.03. The van der Waals surface area contributed by atoms with Gasteiger partial charge in [-0.2, -0.15) is 0 Å². The van der Waals surface area contributed by atoms with Crippen LogP contribution in [0.2, 0.25) is 0 Å². The molecule has 1 rings (SSSR count). The zero-order chi connectivity index (χ0) is 10.9. The maximum atomic E-state index is 3.73. The standard InChI is InChI=1S/C14H17N/c1-3-8-13(11-7-12-15-2)14-9-5-4-6-10-14/h3-11,15H,1,12H2,2H3/b11-7-,13-8+. The monoisotopic (exact) mass is 199 g/mol. The Morgan fingerprint density at radius 1 is 1.33 bits per heavy atom. The molecule has 0 atom stereocenters. The summed E-state index contributed by atoms with van der Waals surface area (Å²) in [7, 11) is 1.93. The first-order valence-electron chi connectivity index (χ1n) is 5.07. The number of hydrogen-bond donors (Lipinski definition) is 1. The van der Waals surface area contributed by atoms with Crippen LogP contribution in [-0.2, 0) is 0 Å². The van der Waals surface area contributed by atoms with Crippen LogP contribution in [-0.4, -0.2) is 13.6 Å². The number of hydrogen-bond acceptors (Lipinski definition) is 1. The van der Waals surface area contributed by atoms with E-state index in [1.165, 1.54) is 11.1 Å². The van der Waals surface area contributed by atoms with Crippen LogP contribution < -0.4 is 5.32 Å². The van der Waals surface area contributed by atoms with Gasteiger partial charge in [-0.25, -0.2) is 0 Å². The molecule has 0 heterocycles. The molecule has 0 aliphatic rings. The Morgan fingerprint density at radius 3 is 2.67 bits per heavy atom. The van der Waals surface area contributed by atoms with Crippen LogP contribution >= 0.6 is 0 Å². The smallest absolute Gasteiger partial charge is 0.0135 e. The van der Waals surface area contributed by atoms with E-state index in [0.29, 0.717) is 0 Å². The van der Waals surface area contributed by atoms with E-state index in [1.54, 1.807) is 0 Å². The van der Waals surface area contributed by atoms with E-state index < -0.39 is 0 Å². The highest BCUT2D eigenvalue weighted by Gasteiger charge is 1.93. The molecule has 1 nitrogen and oxygen atoms in total. The zero-order valence-corrected chi connectivity index (χ0v) is 9.11. The summed E-state index contributed by atoms with van der Waals surface area (Å²) in [5.74, 6) is 0. The summed E-state index contributed by atoms with van der Waals surface area (Å²) >= 11 is 0. The highest BCUT2D eigenvalue weighted by atomic mass is 14.8. The van der Waals surface area contributed by atoms with Crippen LogP contribution in [0.5, 0.6) is 0 Å². The number of nitrogens with one attached hydrogen (secondary N) is 1. The Kier molecular flexibility index (Phi) is 5.20. The van der Waals surface area contributed by atoms with Gasteiger partial charge >= 0.3 is 0 Å². The molecule has 1 aromatic carbocycles. The number of benzene rings is 1. The first-order valence-corrected chi connectivity index (χ1v) is 5.07. The lowest BCUT2D eigenvalue weighted by molar-refractivity contribution is 0.920. The van der Waals surface area contributed by atoms with Crippen LogP contribution in [0.3, 0.4) is 0 Å². The SMILES string of the molecule is C=C/C=C(\C=C/CNC)c1ccccc1. The molecule has 15 heavy (non-hydrogen) atoms. The fourth-order valence-electron chi connectivity index (χ4n) is 1.31. The number of allylic oxidation sites excluding steroid dienone is 4. The first-order chi connectivity index (χ1) is 7.38. The molecule has 0 spiro atoms. The van der Waals surface area contributed by atoms with Crippen LogP contribution in [0, 0.1) is 0 Å². The van der Waals surface area contributed by atoms with Gasteiger partial charge in [-0.15, -0.1) is 0 Å². The summed E-state index contributed by atoms with van der Waals surface area (Å²) in [6.07, 6.45) is 8.03. The summed E-state index contributed by atoms with van der Waals surface area (Å²) in [4.78, 5) is 0. The second-order valence-electron chi connectivity index (χ2n) is 3.18. The normalized spacial score (nSPS) is 11.9. The topological polar surface area (TPSA) is 12.0 Å². The van der Waals surface area contributed by atoms with Crippen molar-refractivity contribution in [1.29, 1.82) is 0 Å². The summed E-state index contributed by atoms with van der Waals surface area (Å²) in [6, 6.07) is 10.3. The van der Waals surface area contributed by atoms with E-state index in [2.05, 4.69) is 36.2 Å². The van der Waals surface area contributed by atoms with Crippen molar-refractivity contribution in [2.45, 2.75) is 0 Å². The van der Waals surface area contributed by atoms with Gasteiger partial charge in [0.1, 0.15) is 0 Å². The molecule has 0 amide bonds. The van der Waals surface area contributed by atoms with E-state index in [0.717, 1.165) is 6.54 Å². The molecular weight excluding hydrogens is 182 g/mol. The minimum Gasteiger partial charge on any atom is -0.316 e. The maximum Gasteiger partial charge on any atom is 0.0135 e. The van der Waals surface area contributed by atoms with Gasteiger partial charge in [-0.1, -0.05) is 61.2 Å². The van der Waals surface area contributed by atoms with Crippen LogP contribution in [0.25, 0.3) is 5.57 Å². The molecule has 0 radical (unpaired) electrons. The minimum atomic E-state index is 0.876. The quantitative estimate of drug-likeness (QED) is 0.719. The highest BCUT2D eigenvalue weighted by Crippen LogP contribution is 2.15. The Labute approximate surface area is 91.8 Å². The number of rotatable bonds is 5. The second-order valence-corrected chi connectivity index (χ2v) is 3.18. The zero-order valence-electron chi connectivity index (χ0n) is 9.11. The molecule has 78 valence electrons. The molecule has 0 unspecified atom stereocenters. The Hall–Kier alpha value is -1.60. The van der Waals surface area contributed by atoms with Crippen molar-refractivity contribution in [3.8, 4) is 0 Å². The largest absolute Gasteiger partial charge is 0.316 e. The van der Waals surface area contributed by atoms with E-state index in [9.17, 15) is 0 Å². The van der Waals surface area contributed by atoms with Gasteiger partial charge in [0.05, 0.1) is 0 Å². The molecule has 0 aliphatic heterocycles. The summed E-state index contributed by atoms with van der Waals surface area (Å²) in [6.45, 7) is 4.60. The molecule has 1 heteroatoms. The highest BCUT2D eigenvalue weighted by molar-refractivity contribution is 5.74. The van der Waals surface area contributed by atoms with Crippen molar-refractivity contribution in [2.24, 2.45) is 0 Å². The van der Waals surface area contributed by atoms with Crippen molar-refractivity contribution < 1.29 is 0 Å². The van der Waals surface area contributed by atoms with Crippen molar-refractivity contribution in [3.63, 3.8) is 0 Å². The van der Waals surface area contributed by atoms with Gasteiger partial charge in [0.15, 0.2) is 0 Å². The van der Waals surface area contributed by atoms with Gasteiger partial charge in [-0.05, 0) is 18.2 Å². The molecule has 0 bridgehead atoms. The second kappa shape index (κ2) is 6.80. The Balaban J connectivity index is 2.85. The Morgan fingerprint density at radius 2 is 2.07 bits per heavy atom. The molecule has 1 aromatic rings. The maximum absolute atomic E-state index is 3.73. The average molecular weight is 199 g/mol. The van der Waals surface area contributed by atoms with Gasteiger partial charge in [0.25, 0.3) is 0 Å². The Bertz CT molecular complexity index is 347. The molecule has 0 aromatic heterocycles. The lowest BCUT2D eigenvalue weighted by Crippen LogP contribution is -2.03. The first kappa shape index (κ1) is 11.5. The molecule has 0 saturated carbocycles.